The van der Waals surface area contributed by atoms with Crippen molar-refractivity contribution in [2.24, 2.45) is 11.1 Å². The van der Waals surface area contributed by atoms with Gasteiger partial charge in [0.25, 0.3) is 0 Å². The van der Waals surface area contributed by atoms with Crippen LogP contribution in [0.15, 0.2) is 18.3 Å². The van der Waals surface area contributed by atoms with Crippen LogP contribution in [0.4, 0.5) is 4.79 Å². The minimum absolute atomic E-state index is 0.00408. The predicted molar refractivity (Wildman–Crippen MR) is 91.2 cm³/mol. The Kier molecular flexibility index (Phi) is 4.08. The van der Waals surface area contributed by atoms with Gasteiger partial charge >= 0.3 is 6.03 Å². The molecule has 1 unspecified atom stereocenters. The number of nitrogens with two attached hydrogens (primary N) is 1. The van der Waals surface area contributed by atoms with Gasteiger partial charge in [0, 0.05) is 48.4 Å². The van der Waals surface area contributed by atoms with E-state index in [0.29, 0.717) is 13.1 Å². The summed E-state index contributed by atoms with van der Waals surface area (Å²) in [5, 5.41) is 3.08. The van der Waals surface area contributed by atoms with Gasteiger partial charge in [-0.05, 0) is 31.4 Å². The van der Waals surface area contributed by atoms with E-state index in [9.17, 15) is 4.79 Å². The van der Waals surface area contributed by atoms with Gasteiger partial charge in [0.05, 0.1) is 0 Å². The summed E-state index contributed by atoms with van der Waals surface area (Å²) < 4.78 is 0. The normalized spacial score (nSPS) is 23.0. The number of pyridine rings is 1. The lowest BCUT2D eigenvalue weighted by atomic mass is 9.66. The average Bonchev–Trinajstić information content (AvgIpc) is 2.83. The van der Waals surface area contributed by atoms with Crippen molar-refractivity contribution in [1.29, 1.82) is 0 Å². The molecule has 5 heteroatoms. The third-order valence-corrected chi connectivity index (χ3v) is 5.63. The second-order valence-corrected chi connectivity index (χ2v) is 7.97. The van der Waals surface area contributed by atoms with Crippen molar-refractivity contribution in [1.82, 2.24) is 15.2 Å². The first-order valence-electron chi connectivity index (χ1n) is 8.54. The molecule has 2 heterocycles. The lowest BCUT2D eigenvalue weighted by molar-refractivity contribution is 0.125. The van der Waals surface area contributed by atoms with E-state index in [0.717, 1.165) is 30.6 Å². The van der Waals surface area contributed by atoms with Gasteiger partial charge in [-0.15, -0.1) is 0 Å². The summed E-state index contributed by atoms with van der Waals surface area (Å²) in [5.41, 5.74) is 8.40. The minimum Gasteiger partial charge on any atom is -0.337 e. The maximum Gasteiger partial charge on any atom is 0.317 e. The molecule has 2 fully saturated rings. The zero-order chi connectivity index (χ0) is 16.7. The molecule has 2 aliphatic rings. The number of carbonyl (C=O) groups is 1. The highest BCUT2D eigenvalue weighted by molar-refractivity contribution is 5.75. The highest BCUT2D eigenvalue weighted by Gasteiger charge is 2.49. The minimum atomic E-state index is -0.195. The van der Waals surface area contributed by atoms with Crippen molar-refractivity contribution >= 4 is 6.03 Å². The molecule has 0 aromatic carbocycles. The molecule has 2 amide bonds. The van der Waals surface area contributed by atoms with Gasteiger partial charge in [-0.1, -0.05) is 26.3 Å². The van der Waals surface area contributed by atoms with Crippen LogP contribution in [0.1, 0.15) is 44.4 Å². The summed E-state index contributed by atoms with van der Waals surface area (Å²) in [6.07, 6.45) is 5.45. The van der Waals surface area contributed by atoms with Crippen molar-refractivity contribution in [3.8, 4) is 0 Å². The highest BCUT2D eigenvalue weighted by Crippen LogP contribution is 2.47. The Balaban J connectivity index is 1.57. The fraction of sp³-hybridized carbons (Fsp3) is 0.667. The number of likely N-dealkylation sites (tertiary alicyclic amines) is 1. The van der Waals surface area contributed by atoms with Crippen molar-refractivity contribution in [2.75, 3.05) is 19.6 Å². The summed E-state index contributed by atoms with van der Waals surface area (Å²) in [7, 11) is 0. The summed E-state index contributed by atoms with van der Waals surface area (Å²) in [6, 6.07) is 4.24. The molecule has 3 rings (SSSR count). The Labute approximate surface area is 138 Å². The van der Waals surface area contributed by atoms with Crippen molar-refractivity contribution in [2.45, 2.75) is 51.5 Å². The Morgan fingerprint density at radius 3 is 2.74 bits per heavy atom. The van der Waals surface area contributed by atoms with Gasteiger partial charge in [-0.2, -0.15) is 0 Å². The zero-order valence-corrected chi connectivity index (χ0v) is 14.4. The molecule has 0 radical (unpaired) electrons. The molecule has 1 atom stereocenters. The zero-order valence-electron chi connectivity index (χ0n) is 14.4. The summed E-state index contributed by atoms with van der Waals surface area (Å²) in [6.45, 7) is 8.29. The maximum atomic E-state index is 12.5. The van der Waals surface area contributed by atoms with E-state index in [1.807, 2.05) is 24.1 Å². The van der Waals surface area contributed by atoms with Crippen LogP contribution >= 0.6 is 0 Å². The number of nitrogens with one attached hydrogen (secondary N) is 1. The van der Waals surface area contributed by atoms with E-state index >= 15 is 0 Å². The van der Waals surface area contributed by atoms with Crippen molar-refractivity contribution < 1.29 is 4.79 Å². The standard InChI is InChI=1S/C18H28N4O/c1-13-5-6-15(20-9-13)17(2,3)11-21-16(23)22-10-14(19)18(12-22)7-4-8-18/h5-6,9,14H,4,7-8,10-12,19H2,1-3H3,(H,21,23). The molecule has 23 heavy (non-hydrogen) atoms. The van der Waals surface area contributed by atoms with Gasteiger partial charge in [-0.25, -0.2) is 4.79 Å². The molecule has 0 bridgehead atoms. The first kappa shape index (κ1) is 16.2. The Morgan fingerprint density at radius 2 is 2.22 bits per heavy atom. The number of nitrogens with zero attached hydrogens (tertiary/aromatic N) is 2. The molecule has 1 saturated carbocycles. The molecule has 1 aliphatic carbocycles. The van der Waals surface area contributed by atoms with Crippen LogP contribution in [0.3, 0.4) is 0 Å². The monoisotopic (exact) mass is 316 g/mol. The van der Waals surface area contributed by atoms with E-state index in [-0.39, 0.29) is 22.9 Å². The number of hydrogen-bond acceptors (Lipinski definition) is 3. The number of rotatable bonds is 3. The largest absolute Gasteiger partial charge is 0.337 e. The third kappa shape index (κ3) is 3.07. The number of hydrogen-bond donors (Lipinski definition) is 2. The van der Waals surface area contributed by atoms with Crippen LogP contribution in [0.5, 0.6) is 0 Å². The Morgan fingerprint density at radius 1 is 1.48 bits per heavy atom. The first-order valence-corrected chi connectivity index (χ1v) is 8.54. The van der Waals surface area contributed by atoms with E-state index in [2.05, 4.69) is 30.2 Å². The van der Waals surface area contributed by atoms with Crippen LogP contribution in [0.25, 0.3) is 0 Å². The molecule has 5 nitrogen and oxygen atoms in total. The molecule has 1 saturated heterocycles. The smallest absolute Gasteiger partial charge is 0.317 e. The van der Waals surface area contributed by atoms with Gasteiger partial charge in [-0.3, -0.25) is 4.98 Å². The average molecular weight is 316 g/mol. The quantitative estimate of drug-likeness (QED) is 0.898. The molecular weight excluding hydrogens is 288 g/mol. The predicted octanol–water partition coefficient (Wildman–Crippen LogP) is 2.19. The molecule has 1 aromatic rings. The van der Waals surface area contributed by atoms with E-state index in [1.54, 1.807) is 0 Å². The second-order valence-electron chi connectivity index (χ2n) is 7.97. The molecule has 1 spiro atoms. The lowest BCUT2D eigenvalue weighted by Crippen LogP contribution is -2.46. The van der Waals surface area contributed by atoms with E-state index in [4.69, 9.17) is 5.73 Å². The fourth-order valence-electron chi connectivity index (χ4n) is 3.67. The van der Waals surface area contributed by atoms with Crippen LogP contribution < -0.4 is 11.1 Å². The van der Waals surface area contributed by atoms with Gasteiger partial charge in [0.1, 0.15) is 0 Å². The topological polar surface area (TPSA) is 71.2 Å². The molecule has 1 aliphatic heterocycles. The number of aromatic nitrogens is 1. The second kappa shape index (κ2) is 5.78. The number of amides is 2. The number of urea groups is 1. The molecular formula is C18H28N4O. The van der Waals surface area contributed by atoms with Crippen LogP contribution in [-0.2, 0) is 5.41 Å². The van der Waals surface area contributed by atoms with Gasteiger partial charge in [0.2, 0.25) is 0 Å². The lowest BCUT2D eigenvalue weighted by Gasteiger charge is -2.41. The maximum absolute atomic E-state index is 12.5. The van der Waals surface area contributed by atoms with Crippen LogP contribution in [0, 0.1) is 12.3 Å². The van der Waals surface area contributed by atoms with Crippen molar-refractivity contribution in [3.63, 3.8) is 0 Å². The van der Waals surface area contributed by atoms with Crippen molar-refractivity contribution in [3.05, 3.63) is 29.6 Å². The molecule has 126 valence electrons. The summed E-state index contributed by atoms with van der Waals surface area (Å²) in [5.74, 6) is 0. The number of aryl methyl sites for hydroxylation is 1. The Bertz CT molecular complexity index is 577. The molecule has 3 N–H and O–H groups in total. The molecule has 1 aromatic heterocycles. The van der Waals surface area contributed by atoms with Gasteiger partial charge < -0.3 is 16.0 Å². The SMILES string of the molecule is Cc1ccc(C(C)(C)CNC(=O)N2CC(N)C3(CCC3)C2)nc1. The van der Waals surface area contributed by atoms with Gasteiger partial charge in [0.15, 0.2) is 0 Å². The number of carbonyl (C=O) groups excluding carboxylic acids is 1. The summed E-state index contributed by atoms with van der Waals surface area (Å²) >= 11 is 0. The van der Waals surface area contributed by atoms with E-state index in [1.165, 1.54) is 6.42 Å². The first-order chi connectivity index (χ1) is 10.8. The van der Waals surface area contributed by atoms with Crippen LogP contribution in [0.2, 0.25) is 0 Å². The Hall–Kier alpha value is -1.62. The third-order valence-electron chi connectivity index (χ3n) is 5.63. The highest BCUT2D eigenvalue weighted by atomic mass is 16.2. The van der Waals surface area contributed by atoms with E-state index < -0.39 is 0 Å². The van der Waals surface area contributed by atoms with Crippen LogP contribution in [-0.4, -0.2) is 41.6 Å². The summed E-state index contributed by atoms with van der Waals surface area (Å²) in [4.78, 5) is 18.9. The fourth-order valence-corrected chi connectivity index (χ4v) is 3.67.